The van der Waals surface area contributed by atoms with Gasteiger partial charge in [0.25, 0.3) is 5.91 Å². The van der Waals surface area contributed by atoms with Gasteiger partial charge in [0.15, 0.2) is 6.61 Å². The third kappa shape index (κ3) is 5.52. The molecule has 1 aliphatic heterocycles. The summed E-state index contributed by atoms with van der Waals surface area (Å²) >= 11 is 11.9. The van der Waals surface area contributed by atoms with Crippen molar-refractivity contribution >= 4 is 29.1 Å². The van der Waals surface area contributed by atoms with E-state index >= 15 is 0 Å². The Labute approximate surface area is 172 Å². The zero-order valence-corrected chi connectivity index (χ0v) is 17.6. The second kappa shape index (κ2) is 9.99. The molecule has 27 heavy (non-hydrogen) atoms. The van der Waals surface area contributed by atoms with E-state index in [1.54, 1.807) is 18.2 Å². The van der Waals surface area contributed by atoms with Gasteiger partial charge in [0, 0.05) is 25.2 Å². The van der Waals surface area contributed by atoms with Crippen LogP contribution in [-0.4, -0.2) is 54.5 Å². The normalized spacial score (nSPS) is 24.3. The van der Waals surface area contributed by atoms with Gasteiger partial charge in [0.1, 0.15) is 5.75 Å². The summed E-state index contributed by atoms with van der Waals surface area (Å²) in [6.07, 6.45) is 9.95. The SMILES string of the molecule is CN(C(=O)COc1ccc(Cl)c(Cl)c1)[C@@H]1CCCC[C@H]1N1CCCCCC1. The molecule has 3 rings (SSSR count). The van der Waals surface area contributed by atoms with Crippen molar-refractivity contribution in [3.05, 3.63) is 28.2 Å². The number of likely N-dealkylation sites (tertiary alicyclic amines) is 1. The summed E-state index contributed by atoms with van der Waals surface area (Å²) in [4.78, 5) is 17.3. The fourth-order valence-corrected chi connectivity index (χ4v) is 4.68. The highest BCUT2D eigenvalue weighted by molar-refractivity contribution is 6.42. The Hall–Kier alpha value is -0.970. The zero-order chi connectivity index (χ0) is 19.2. The first-order valence-electron chi connectivity index (χ1n) is 10.1. The third-order valence-electron chi connectivity index (χ3n) is 5.95. The molecule has 2 atom stereocenters. The highest BCUT2D eigenvalue weighted by Crippen LogP contribution is 2.29. The molecule has 1 saturated carbocycles. The maximum absolute atomic E-state index is 12.8. The van der Waals surface area contributed by atoms with Crippen LogP contribution in [0.25, 0.3) is 0 Å². The van der Waals surface area contributed by atoms with E-state index in [9.17, 15) is 4.79 Å². The number of amides is 1. The zero-order valence-electron chi connectivity index (χ0n) is 16.1. The molecular formula is C21H30Cl2N2O2. The highest BCUT2D eigenvalue weighted by Gasteiger charge is 2.34. The number of hydrogen-bond donors (Lipinski definition) is 0. The Morgan fingerprint density at radius 2 is 1.78 bits per heavy atom. The monoisotopic (exact) mass is 412 g/mol. The van der Waals surface area contributed by atoms with Crippen LogP contribution in [0, 0.1) is 0 Å². The third-order valence-corrected chi connectivity index (χ3v) is 6.69. The van der Waals surface area contributed by atoms with E-state index in [0.29, 0.717) is 21.8 Å². The quantitative estimate of drug-likeness (QED) is 0.680. The first kappa shape index (κ1) is 20.8. The molecule has 1 aromatic carbocycles. The molecule has 1 amide bonds. The fourth-order valence-electron chi connectivity index (χ4n) is 4.39. The van der Waals surface area contributed by atoms with Gasteiger partial charge in [0.05, 0.1) is 10.0 Å². The summed E-state index contributed by atoms with van der Waals surface area (Å²) in [6, 6.07) is 5.83. The van der Waals surface area contributed by atoms with E-state index < -0.39 is 0 Å². The van der Waals surface area contributed by atoms with Crippen LogP contribution in [-0.2, 0) is 4.79 Å². The van der Waals surface area contributed by atoms with E-state index in [-0.39, 0.29) is 18.6 Å². The van der Waals surface area contributed by atoms with Gasteiger partial charge in [-0.1, -0.05) is 48.9 Å². The number of rotatable bonds is 5. The van der Waals surface area contributed by atoms with Gasteiger partial charge in [-0.05, 0) is 50.9 Å². The van der Waals surface area contributed by atoms with Gasteiger partial charge < -0.3 is 9.64 Å². The molecule has 0 aromatic heterocycles. The number of hydrogen-bond acceptors (Lipinski definition) is 3. The summed E-state index contributed by atoms with van der Waals surface area (Å²) in [6.45, 7) is 2.36. The molecule has 150 valence electrons. The number of nitrogens with zero attached hydrogens (tertiary/aromatic N) is 2. The van der Waals surface area contributed by atoms with E-state index in [1.165, 1.54) is 58.0 Å². The largest absolute Gasteiger partial charge is 0.484 e. The molecule has 1 saturated heterocycles. The van der Waals surface area contributed by atoms with E-state index in [0.717, 1.165) is 6.42 Å². The minimum absolute atomic E-state index is 0.0211. The van der Waals surface area contributed by atoms with Crippen LogP contribution in [0.5, 0.6) is 5.75 Å². The van der Waals surface area contributed by atoms with Crippen molar-refractivity contribution in [2.75, 3.05) is 26.7 Å². The molecule has 2 fully saturated rings. The maximum Gasteiger partial charge on any atom is 0.260 e. The van der Waals surface area contributed by atoms with Crippen LogP contribution >= 0.6 is 23.2 Å². The molecule has 0 spiro atoms. The Bertz CT molecular complexity index is 633. The fraction of sp³-hybridized carbons (Fsp3) is 0.667. The lowest BCUT2D eigenvalue weighted by molar-refractivity contribution is -0.136. The average molecular weight is 413 g/mol. The van der Waals surface area contributed by atoms with Crippen LogP contribution < -0.4 is 4.74 Å². The summed E-state index contributed by atoms with van der Waals surface area (Å²) in [5.74, 6) is 0.589. The molecule has 0 bridgehead atoms. The van der Waals surface area contributed by atoms with Crippen LogP contribution in [0.15, 0.2) is 18.2 Å². The maximum atomic E-state index is 12.8. The molecule has 2 aliphatic rings. The number of benzene rings is 1. The molecule has 1 aliphatic carbocycles. The molecule has 0 N–H and O–H groups in total. The predicted octanol–water partition coefficient (Wildman–Crippen LogP) is 5.02. The molecule has 1 aromatic rings. The number of ether oxygens (including phenoxy) is 1. The topological polar surface area (TPSA) is 32.8 Å². The van der Waals surface area contributed by atoms with Gasteiger partial charge in [-0.3, -0.25) is 9.69 Å². The van der Waals surface area contributed by atoms with Gasteiger partial charge >= 0.3 is 0 Å². The Balaban J connectivity index is 1.60. The summed E-state index contributed by atoms with van der Waals surface area (Å²) in [7, 11) is 1.93. The van der Waals surface area contributed by atoms with Gasteiger partial charge in [-0.25, -0.2) is 0 Å². The van der Waals surface area contributed by atoms with E-state index in [4.69, 9.17) is 27.9 Å². The second-order valence-corrected chi connectivity index (χ2v) is 8.55. The van der Waals surface area contributed by atoms with Crippen molar-refractivity contribution in [1.82, 2.24) is 9.80 Å². The number of halogens is 2. The second-order valence-electron chi connectivity index (χ2n) is 7.74. The number of carbonyl (C=O) groups is 1. The van der Waals surface area contributed by atoms with Gasteiger partial charge in [0.2, 0.25) is 0 Å². The lowest BCUT2D eigenvalue weighted by atomic mass is 9.88. The summed E-state index contributed by atoms with van der Waals surface area (Å²) < 4.78 is 5.67. The van der Waals surface area contributed by atoms with E-state index in [1.807, 2.05) is 11.9 Å². The van der Waals surface area contributed by atoms with Crippen LogP contribution in [0.1, 0.15) is 51.4 Å². The number of likely N-dealkylation sites (N-methyl/N-ethyl adjacent to an activating group) is 1. The molecular weight excluding hydrogens is 383 g/mol. The van der Waals surface area contributed by atoms with Crippen molar-refractivity contribution in [1.29, 1.82) is 0 Å². The van der Waals surface area contributed by atoms with Crippen molar-refractivity contribution in [2.45, 2.75) is 63.5 Å². The lowest BCUT2D eigenvalue weighted by Crippen LogP contribution is -2.54. The van der Waals surface area contributed by atoms with Crippen LogP contribution in [0.2, 0.25) is 10.0 Å². The summed E-state index contributed by atoms with van der Waals surface area (Å²) in [5.41, 5.74) is 0. The first-order chi connectivity index (χ1) is 13.1. The minimum Gasteiger partial charge on any atom is -0.484 e. The Kier molecular flexibility index (Phi) is 7.68. The van der Waals surface area contributed by atoms with Crippen molar-refractivity contribution in [2.24, 2.45) is 0 Å². The van der Waals surface area contributed by atoms with Crippen LogP contribution in [0.4, 0.5) is 0 Å². The first-order valence-corrected chi connectivity index (χ1v) is 10.9. The number of carbonyl (C=O) groups excluding carboxylic acids is 1. The smallest absolute Gasteiger partial charge is 0.260 e. The van der Waals surface area contributed by atoms with Crippen molar-refractivity contribution in [3.8, 4) is 5.75 Å². The Morgan fingerprint density at radius 3 is 2.48 bits per heavy atom. The van der Waals surface area contributed by atoms with E-state index in [2.05, 4.69) is 4.90 Å². The molecule has 4 nitrogen and oxygen atoms in total. The standard InChI is InChI=1S/C21H30Cl2N2O2/c1-24(21(26)15-27-16-10-11-17(22)18(23)14-16)19-8-4-5-9-20(19)25-12-6-2-3-7-13-25/h10-11,14,19-20H,2-9,12-13,15H2,1H3/t19-,20-/m1/s1. The summed E-state index contributed by atoms with van der Waals surface area (Å²) in [5, 5.41) is 0.915. The average Bonchev–Trinajstić information content (AvgIpc) is 2.97. The Morgan fingerprint density at radius 1 is 1.07 bits per heavy atom. The molecule has 6 heteroatoms. The minimum atomic E-state index is 0.0211. The van der Waals surface area contributed by atoms with Crippen molar-refractivity contribution in [3.63, 3.8) is 0 Å². The highest BCUT2D eigenvalue weighted by atomic mass is 35.5. The van der Waals surface area contributed by atoms with Crippen molar-refractivity contribution < 1.29 is 9.53 Å². The van der Waals surface area contributed by atoms with Crippen LogP contribution in [0.3, 0.4) is 0 Å². The molecule has 1 heterocycles. The van der Waals surface area contributed by atoms with Gasteiger partial charge in [-0.2, -0.15) is 0 Å². The van der Waals surface area contributed by atoms with Gasteiger partial charge in [-0.15, -0.1) is 0 Å². The molecule has 0 radical (unpaired) electrons. The predicted molar refractivity (Wildman–Crippen MR) is 111 cm³/mol. The lowest BCUT2D eigenvalue weighted by Gasteiger charge is -2.43. The molecule has 0 unspecified atom stereocenters.